The van der Waals surface area contributed by atoms with Gasteiger partial charge in [-0.2, -0.15) is 5.26 Å². The van der Waals surface area contributed by atoms with Crippen LogP contribution < -0.4 is 5.32 Å². The van der Waals surface area contributed by atoms with Crippen LogP contribution in [0, 0.1) is 11.3 Å². The third-order valence-electron chi connectivity index (χ3n) is 3.96. The van der Waals surface area contributed by atoms with Crippen molar-refractivity contribution >= 4 is 33.4 Å². The predicted octanol–water partition coefficient (Wildman–Crippen LogP) is 2.81. The van der Waals surface area contributed by atoms with E-state index in [2.05, 4.69) is 5.32 Å². The molecule has 1 aliphatic heterocycles. The Morgan fingerprint density at radius 1 is 1.35 bits per heavy atom. The largest absolute Gasteiger partial charge is 0.457 e. The van der Waals surface area contributed by atoms with E-state index < -0.39 is 21.8 Å². The minimum absolute atomic E-state index is 0.0464. The number of halogens is 1. The molecule has 2 heterocycles. The van der Waals surface area contributed by atoms with Gasteiger partial charge in [-0.1, -0.05) is 23.7 Å². The molecule has 26 heavy (non-hydrogen) atoms. The number of nitrogens with zero attached hydrogens (tertiary/aromatic N) is 1. The average molecular weight is 391 g/mol. The first-order valence-electron chi connectivity index (χ1n) is 7.85. The van der Waals surface area contributed by atoms with Crippen LogP contribution in [0.5, 0.6) is 0 Å². The third-order valence-corrected chi connectivity index (χ3v) is 5.96. The highest BCUT2D eigenvalue weighted by atomic mass is 35.5. The van der Waals surface area contributed by atoms with E-state index >= 15 is 0 Å². The molecule has 0 bridgehead atoms. The van der Waals surface area contributed by atoms with Crippen molar-refractivity contribution in [2.24, 2.45) is 0 Å². The van der Waals surface area contributed by atoms with E-state index in [1.807, 2.05) is 12.1 Å². The van der Waals surface area contributed by atoms with Gasteiger partial charge in [0.25, 0.3) is 5.91 Å². The Morgan fingerprint density at radius 3 is 2.81 bits per heavy atom. The summed E-state index contributed by atoms with van der Waals surface area (Å²) >= 11 is 5.96. The molecule has 6 nitrogen and oxygen atoms in total. The van der Waals surface area contributed by atoms with Gasteiger partial charge in [-0.3, -0.25) is 4.79 Å². The van der Waals surface area contributed by atoms with Crippen molar-refractivity contribution in [3.05, 3.63) is 52.8 Å². The van der Waals surface area contributed by atoms with Crippen LogP contribution in [-0.4, -0.2) is 31.9 Å². The Kier molecular flexibility index (Phi) is 5.16. The summed E-state index contributed by atoms with van der Waals surface area (Å²) in [5.74, 6) is 0.223. The van der Waals surface area contributed by atoms with E-state index in [0.29, 0.717) is 23.0 Å². The summed E-state index contributed by atoms with van der Waals surface area (Å²) in [7, 11) is -3.11. The summed E-state index contributed by atoms with van der Waals surface area (Å²) in [4.78, 5) is 12.2. The molecule has 1 atom stereocenters. The first-order chi connectivity index (χ1) is 12.4. The number of sulfone groups is 1. The van der Waals surface area contributed by atoms with Crippen LogP contribution in [0.3, 0.4) is 0 Å². The number of furan rings is 1. The molecule has 0 aliphatic carbocycles. The molecule has 1 aromatic heterocycles. The minimum Gasteiger partial charge on any atom is -0.457 e. The van der Waals surface area contributed by atoms with E-state index in [0.717, 1.165) is 5.56 Å². The Balaban J connectivity index is 1.75. The molecule has 8 heteroatoms. The van der Waals surface area contributed by atoms with Crippen LogP contribution >= 0.6 is 11.6 Å². The van der Waals surface area contributed by atoms with Gasteiger partial charge in [0.05, 0.1) is 11.5 Å². The lowest BCUT2D eigenvalue weighted by Crippen LogP contribution is -2.36. The standard InChI is InChI=1S/C18H15ClN2O4S/c19-14-3-1-2-12(8-14)17-5-4-16(25-17)9-13(10-20)18(22)21-15-6-7-26(23,24)11-15/h1-5,8-9,15H,6-7,11H2,(H,21,22)/b13-9-. The zero-order valence-corrected chi connectivity index (χ0v) is 15.2. The Bertz CT molecular complexity index is 1020. The summed E-state index contributed by atoms with van der Waals surface area (Å²) in [5, 5.41) is 12.4. The number of nitrogens with one attached hydrogen (secondary N) is 1. The number of hydrogen-bond acceptors (Lipinski definition) is 5. The van der Waals surface area contributed by atoms with Crippen LogP contribution in [0.2, 0.25) is 5.02 Å². The number of benzene rings is 1. The number of carbonyl (C=O) groups is 1. The zero-order valence-electron chi connectivity index (χ0n) is 13.6. The Labute approximate surface area is 156 Å². The Hall–Kier alpha value is -2.56. The van der Waals surface area contributed by atoms with Crippen molar-refractivity contribution in [2.45, 2.75) is 12.5 Å². The summed E-state index contributed by atoms with van der Waals surface area (Å²) in [5.41, 5.74) is 0.623. The molecule has 134 valence electrons. The maximum atomic E-state index is 12.2. The van der Waals surface area contributed by atoms with Gasteiger partial charge in [-0.05, 0) is 30.7 Å². The van der Waals surface area contributed by atoms with Crippen molar-refractivity contribution in [1.29, 1.82) is 5.26 Å². The van der Waals surface area contributed by atoms with Gasteiger partial charge in [0.15, 0.2) is 9.84 Å². The van der Waals surface area contributed by atoms with Crippen LogP contribution in [0.25, 0.3) is 17.4 Å². The van der Waals surface area contributed by atoms with Gasteiger partial charge >= 0.3 is 0 Å². The van der Waals surface area contributed by atoms with Crippen LogP contribution in [0.4, 0.5) is 0 Å². The van der Waals surface area contributed by atoms with Crippen molar-refractivity contribution in [1.82, 2.24) is 5.32 Å². The maximum absolute atomic E-state index is 12.2. The molecule has 1 fully saturated rings. The summed E-state index contributed by atoms with van der Waals surface area (Å²) in [6, 6.07) is 11.8. The lowest BCUT2D eigenvalue weighted by atomic mass is 10.2. The SMILES string of the molecule is N#C/C(=C/c1ccc(-c2cccc(Cl)c2)o1)C(=O)NC1CCS(=O)(=O)C1. The van der Waals surface area contributed by atoms with Crippen molar-refractivity contribution in [3.63, 3.8) is 0 Å². The molecule has 0 spiro atoms. The first-order valence-corrected chi connectivity index (χ1v) is 10.0. The van der Waals surface area contributed by atoms with Crippen LogP contribution in [0.1, 0.15) is 12.2 Å². The Morgan fingerprint density at radius 2 is 2.15 bits per heavy atom. The number of amides is 1. The topological polar surface area (TPSA) is 100 Å². The second-order valence-electron chi connectivity index (χ2n) is 5.96. The van der Waals surface area contributed by atoms with E-state index in [-0.39, 0.29) is 17.1 Å². The molecule has 1 N–H and O–H groups in total. The van der Waals surface area contributed by atoms with E-state index in [1.165, 1.54) is 6.08 Å². The quantitative estimate of drug-likeness (QED) is 0.639. The highest BCUT2D eigenvalue weighted by molar-refractivity contribution is 7.91. The molecular weight excluding hydrogens is 376 g/mol. The molecule has 0 saturated carbocycles. The van der Waals surface area contributed by atoms with E-state index in [1.54, 1.807) is 30.3 Å². The normalized spacial score (nSPS) is 19.1. The number of carbonyl (C=O) groups excluding carboxylic acids is 1. The summed E-state index contributed by atoms with van der Waals surface area (Å²) in [6.45, 7) is 0. The molecule has 0 radical (unpaired) electrons. The van der Waals surface area contributed by atoms with Gasteiger partial charge in [-0.15, -0.1) is 0 Å². The molecular formula is C18H15ClN2O4S. The monoisotopic (exact) mass is 390 g/mol. The molecule has 1 amide bonds. The second-order valence-corrected chi connectivity index (χ2v) is 8.62. The van der Waals surface area contributed by atoms with Gasteiger partial charge < -0.3 is 9.73 Å². The molecule has 1 unspecified atom stereocenters. The fraction of sp³-hybridized carbons (Fsp3) is 0.222. The minimum atomic E-state index is -3.11. The molecule has 1 aromatic carbocycles. The fourth-order valence-corrected chi connectivity index (χ4v) is 4.55. The predicted molar refractivity (Wildman–Crippen MR) is 97.9 cm³/mol. The van der Waals surface area contributed by atoms with Crippen LogP contribution in [0.15, 0.2) is 46.4 Å². The number of nitriles is 1. The summed E-state index contributed by atoms with van der Waals surface area (Å²) < 4.78 is 28.6. The highest BCUT2D eigenvalue weighted by Crippen LogP contribution is 2.25. The lowest BCUT2D eigenvalue weighted by Gasteiger charge is -2.09. The van der Waals surface area contributed by atoms with E-state index in [4.69, 9.17) is 16.0 Å². The molecule has 1 aliphatic rings. The first kappa shape index (κ1) is 18.2. The number of rotatable bonds is 4. The van der Waals surface area contributed by atoms with Crippen molar-refractivity contribution in [3.8, 4) is 17.4 Å². The molecule has 2 aromatic rings. The average Bonchev–Trinajstić information content (AvgIpc) is 3.18. The fourth-order valence-electron chi connectivity index (χ4n) is 2.69. The smallest absolute Gasteiger partial charge is 0.262 e. The maximum Gasteiger partial charge on any atom is 0.262 e. The second kappa shape index (κ2) is 7.36. The third kappa shape index (κ3) is 4.34. The number of hydrogen-bond donors (Lipinski definition) is 1. The van der Waals surface area contributed by atoms with Gasteiger partial charge in [0.1, 0.15) is 23.2 Å². The van der Waals surface area contributed by atoms with Crippen LogP contribution in [-0.2, 0) is 14.6 Å². The summed E-state index contributed by atoms with van der Waals surface area (Å²) in [6.07, 6.45) is 1.68. The van der Waals surface area contributed by atoms with Gasteiger partial charge in [0.2, 0.25) is 0 Å². The molecule has 3 rings (SSSR count). The van der Waals surface area contributed by atoms with Crippen molar-refractivity contribution in [2.75, 3.05) is 11.5 Å². The highest BCUT2D eigenvalue weighted by Gasteiger charge is 2.29. The lowest BCUT2D eigenvalue weighted by molar-refractivity contribution is -0.117. The van der Waals surface area contributed by atoms with Gasteiger partial charge in [-0.25, -0.2) is 8.42 Å². The zero-order chi connectivity index (χ0) is 18.7. The van der Waals surface area contributed by atoms with Crippen molar-refractivity contribution < 1.29 is 17.6 Å². The van der Waals surface area contributed by atoms with Gasteiger partial charge in [0, 0.05) is 22.7 Å². The molecule has 1 saturated heterocycles. The van der Waals surface area contributed by atoms with E-state index in [9.17, 15) is 18.5 Å².